The summed E-state index contributed by atoms with van der Waals surface area (Å²) in [5.41, 5.74) is 2.51. The topological polar surface area (TPSA) is 20.2 Å². The van der Waals surface area contributed by atoms with E-state index in [-0.39, 0.29) is 11.5 Å². The van der Waals surface area contributed by atoms with Crippen molar-refractivity contribution < 1.29 is 5.11 Å². The van der Waals surface area contributed by atoms with Gasteiger partial charge in [0.1, 0.15) is 0 Å². The van der Waals surface area contributed by atoms with E-state index in [0.29, 0.717) is 33.0 Å². The van der Waals surface area contributed by atoms with E-state index in [2.05, 4.69) is 55.4 Å². The lowest BCUT2D eigenvalue weighted by atomic mass is 9.30. The van der Waals surface area contributed by atoms with Gasteiger partial charge < -0.3 is 5.11 Å². The van der Waals surface area contributed by atoms with Gasteiger partial charge in [-0.25, -0.2) is 0 Å². The van der Waals surface area contributed by atoms with E-state index in [4.69, 9.17) is 0 Å². The van der Waals surface area contributed by atoms with Crippen LogP contribution in [0.5, 0.6) is 0 Å². The van der Waals surface area contributed by atoms with E-state index in [9.17, 15) is 5.11 Å². The van der Waals surface area contributed by atoms with Crippen molar-refractivity contribution in [3.05, 3.63) is 0 Å². The van der Waals surface area contributed by atoms with Gasteiger partial charge in [-0.15, -0.1) is 0 Å². The molecule has 1 N–H and O–H groups in total. The highest BCUT2D eigenvalue weighted by Gasteiger charge is 2.70. The van der Waals surface area contributed by atoms with Crippen molar-refractivity contribution in [2.24, 2.45) is 56.2 Å². The minimum atomic E-state index is -0.110. The average molecular weight is 429 g/mol. The molecule has 0 radical (unpaired) electrons. The Morgan fingerprint density at radius 2 is 1.03 bits per heavy atom. The Bertz CT molecular complexity index is 737. The van der Waals surface area contributed by atoms with E-state index >= 15 is 0 Å². The second-order valence-corrected chi connectivity index (χ2v) is 15.4. The van der Waals surface area contributed by atoms with E-state index in [1.54, 1.807) is 0 Å². The summed E-state index contributed by atoms with van der Waals surface area (Å²) in [5.74, 6) is 3.34. The first-order valence-corrected chi connectivity index (χ1v) is 13.9. The minimum Gasteiger partial charge on any atom is -0.393 e. The van der Waals surface area contributed by atoms with Crippen LogP contribution in [0.1, 0.15) is 126 Å². The Hall–Kier alpha value is -0.0400. The molecule has 0 heterocycles. The number of rotatable bonds is 0. The van der Waals surface area contributed by atoms with Crippen LogP contribution in [0.2, 0.25) is 0 Å². The molecule has 0 aromatic rings. The van der Waals surface area contributed by atoms with Crippen LogP contribution in [0.4, 0.5) is 0 Å². The summed E-state index contributed by atoms with van der Waals surface area (Å²) in [6.45, 7) is 20.9. The molecule has 0 bridgehead atoms. The average Bonchev–Trinajstić information content (AvgIpc) is 2.65. The molecule has 0 aromatic carbocycles. The van der Waals surface area contributed by atoms with Crippen molar-refractivity contribution >= 4 is 0 Å². The fraction of sp³-hybridized carbons (Fsp3) is 1.00. The van der Waals surface area contributed by atoms with Crippen LogP contribution in [0.3, 0.4) is 0 Å². The predicted octanol–water partition coefficient (Wildman–Crippen LogP) is 8.25. The first-order chi connectivity index (χ1) is 14.2. The zero-order chi connectivity index (χ0) is 22.7. The van der Waals surface area contributed by atoms with Crippen LogP contribution in [0, 0.1) is 56.2 Å². The molecule has 0 aliphatic heterocycles. The third-order valence-corrected chi connectivity index (χ3v) is 13.9. The maximum absolute atomic E-state index is 10.9. The van der Waals surface area contributed by atoms with Crippen LogP contribution >= 0.6 is 0 Å². The van der Waals surface area contributed by atoms with E-state index in [0.717, 1.165) is 24.2 Å². The quantitative estimate of drug-likeness (QED) is 0.412. The molecule has 178 valence electrons. The van der Waals surface area contributed by atoms with Gasteiger partial charge >= 0.3 is 0 Å². The Morgan fingerprint density at radius 3 is 1.61 bits per heavy atom. The van der Waals surface area contributed by atoms with Gasteiger partial charge in [0.15, 0.2) is 0 Å². The van der Waals surface area contributed by atoms with Crippen molar-refractivity contribution in [1.29, 1.82) is 0 Å². The Morgan fingerprint density at radius 1 is 0.516 bits per heavy atom. The van der Waals surface area contributed by atoms with Crippen molar-refractivity contribution in [3.8, 4) is 0 Å². The van der Waals surface area contributed by atoms with Crippen LogP contribution in [0.15, 0.2) is 0 Å². The molecule has 9 atom stereocenters. The fourth-order valence-electron chi connectivity index (χ4n) is 12.2. The Kier molecular flexibility index (Phi) is 4.80. The van der Waals surface area contributed by atoms with Crippen molar-refractivity contribution in [3.63, 3.8) is 0 Å². The minimum absolute atomic E-state index is 0.0725. The second kappa shape index (κ2) is 6.55. The zero-order valence-corrected chi connectivity index (χ0v) is 22.1. The summed E-state index contributed by atoms with van der Waals surface area (Å²) in [6.07, 6.45) is 15.1. The number of fused-ring (bicyclic) bond motifs is 7. The third-order valence-electron chi connectivity index (χ3n) is 13.9. The molecule has 0 aromatic heterocycles. The summed E-state index contributed by atoms with van der Waals surface area (Å²) in [6, 6.07) is 0. The molecule has 1 nitrogen and oxygen atoms in total. The van der Waals surface area contributed by atoms with Gasteiger partial charge in [-0.05, 0) is 120 Å². The summed E-state index contributed by atoms with van der Waals surface area (Å²) in [7, 11) is 0. The van der Waals surface area contributed by atoms with Gasteiger partial charge in [-0.2, -0.15) is 0 Å². The molecular weight excluding hydrogens is 376 g/mol. The second-order valence-electron chi connectivity index (χ2n) is 15.4. The summed E-state index contributed by atoms with van der Waals surface area (Å²) >= 11 is 0. The Labute approximate surface area is 193 Å². The molecule has 31 heavy (non-hydrogen) atoms. The molecule has 1 heteroatoms. The van der Waals surface area contributed by atoms with E-state index in [1.807, 2.05) is 0 Å². The molecule has 0 amide bonds. The van der Waals surface area contributed by atoms with Gasteiger partial charge in [0.2, 0.25) is 0 Å². The molecule has 0 spiro atoms. The van der Waals surface area contributed by atoms with Crippen molar-refractivity contribution in [1.82, 2.24) is 0 Å². The lowest BCUT2D eigenvalue weighted by Crippen LogP contribution is -2.68. The Balaban J connectivity index is 1.54. The van der Waals surface area contributed by atoms with E-state index in [1.165, 1.54) is 64.2 Å². The first-order valence-electron chi connectivity index (χ1n) is 13.9. The van der Waals surface area contributed by atoms with Crippen molar-refractivity contribution in [2.75, 3.05) is 0 Å². The van der Waals surface area contributed by atoms with Gasteiger partial charge in [-0.1, -0.05) is 61.8 Å². The number of aliphatic hydroxyl groups excluding tert-OH is 1. The molecule has 5 fully saturated rings. The number of hydrogen-bond acceptors (Lipinski definition) is 1. The molecule has 0 unspecified atom stereocenters. The van der Waals surface area contributed by atoms with Crippen LogP contribution < -0.4 is 0 Å². The third kappa shape index (κ3) is 2.65. The highest BCUT2D eigenvalue weighted by Crippen LogP contribution is 2.78. The smallest absolute Gasteiger partial charge is 0.0594 e. The lowest BCUT2D eigenvalue weighted by Gasteiger charge is -2.74. The number of hydrogen-bond donors (Lipinski definition) is 1. The van der Waals surface area contributed by atoms with E-state index < -0.39 is 0 Å². The van der Waals surface area contributed by atoms with Gasteiger partial charge in [0, 0.05) is 0 Å². The molecule has 5 aliphatic rings. The lowest BCUT2D eigenvalue weighted by molar-refractivity contribution is -0.263. The van der Waals surface area contributed by atoms with Gasteiger partial charge in [-0.3, -0.25) is 0 Å². The molecular formula is C30H52O. The van der Waals surface area contributed by atoms with Crippen LogP contribution in [0.25, 0.3) is 0 Å². The normalized spacial score (nSPS) is 57.8. The summed E-state index contributed by atoms with van der Waals surface area (Å²) in [5, 5.41) is 10.9. The summed E-state index contributed by atoms with van der Waals surface area (Å²) < 4.78 is 0. The largest absolute Gasteiger partial charge is 0.393 e. The summed E-state index contributed by atoms with van der Waals surface area (Å²) in [4.78, 5) is 0. The monoisotopic (exact) mass is 428 g/mol. The standard InChI is InChI=1S/C30H52O/c1-25(2)15-9-16-27(5)20(25)12-18-29(7)22(27)10-11-23-28(6)17-14-24(31)26(3,4)21(28)13-19-30(23,29)8/h20-24,31H,9-19H2,1-8H3/t20-,21-,22+,23+,24-,27-,28-,29+,30+/m0/s1. The molecule has 5 aliphatic carbocycles. The van der Waals surface area contributed by atoms with Gasteiger partial charge in [0.05, 0.1) is 6.10 Å². The maximum Gasteiger partial charge on any atom is 0.0594 e. The number of aliphatic hydroxyl groups is 1. The molecule has 0 saturated heterocycles. The predicted molar refractivity (Wildman–Crippen MR) is 131 cm³/mol. The SMILES string of the molecule is CC1(C)CCC[C@]2(C)[C@H]3CC[C@@H]4[C@@]5(C)CC[C@H](O)C(C)(C)[C@@H]5CC[C@@]4(C)[C@]3(C)CC[C@@H]12. The zero-order valence-electron chi connectivity index (χ0n) is 22.1. The first kappa shape index (κ1) is 22.7. The maximum atomic E-state index is 10.9. The van der Waals surface area contributed by atoms with Crippen LogP contribution in [-0.2, 0) is 0 Å². The van der Waals surface area contributed by atoms with Crippen molar-refractivity contribution in [2.45, 2.75) is 132 Å². The van der Waals surface area contributed by atoms with Gasteiger partial charge in [0.25, 0.3) is 0 Å². The highest BCUT2D eigenvalue weighted by atomic mass is 16.3. The highest BCUT2D eigenvalue weighted by molar-refractivity contribution is 5.19. The molecule has 5 rings (SSSR count). The molecule has 5 saturated carbocycles. The van der Waals surface area contributed by atoms with Crippen LogP contribution in [-0.4, -0.2) is 11.2 Å². The fourth-order valence-corrected chi connectivity index (χ4v) is 12.2.